The molecule has 0 spiro atoms. The Hall–Kier alpha value is -0.0100. The Morgan fingerprint density at radius 1 is 0.479 bits per heavy atom. The van der Waals surface area contributed by atoms with Gasteiger partial charge in [-0.15, -0.1) is 0 Å². The molecule has 7 nitrogen and oxygen atoms in total. The Labute approximate surface area is 298 Å². The summed E-state index contributed by atoms with van der Waals surface area (Å²) in [7, 11) is -4.83. The van der Waals surface area contributed by atoms with Gasteiger partial charge in [-0.25, -0.2) is 0 Å². The Bertz CT molecular complexity index is 680. The van der Waals surface area contributed by atoms with Crippen molar-refractivity contribution >= 4 is 7.60 Å². The molecule has 8 heteroatoms. The van der Waals surface area contributed by atoms with Gasteiger partial charge in [0.15, 0.2) is 0 Å². The van der Waals surface area contributed by atoms with Crippen LogP contribution in [-0.2, 0) is 9.30 Å². The van der Waals surface area contributed by atoms with Crippen LogP contribution in [0.5, 0.6) is 0 Å². The van der Waals surface area contributed by atoms with Gasteiger partial charge in [-0.05, 0) is 12.8 Å². The highest BCUT2D eigenvalue weighted by atomic mass is 31.2. The highest BCUT2D eigenvalue weighted by Crippen LogP contribution is 2.60. The molecule has 0 aromatic rings. The maximum absolute atomic E-state index is 13.0. The van der Waals surface area contributed by atoms with Gasteiger partial charge in [-0.1, -0.05) is 219 Å². The van der Waals surface area contributed by atoms with E-state index in [4.69, 9.17) is 10.5 Å². The van der Waals surface area contributed by atoms with Crippen LogP contribution in [0.15, 0.2) is 0 Å². The van der Waals surface area contributed by atoms with Crippen LogP contribution in [0.2, 0.25) is 0 Å². The summed E-state index contributed by atoms with van der Waals surface area (Å²) >= 11 is 0. The van der Waals surface area contributed by atoms with E-state index >= 15 is 0 Å². The lowest BCUT2D eigenvalue weighted by atomic mass is 9.89. The van der Waals surface area contributed by atoms with Gasteiger partial charge in [0.25, 0.3) is 0 Å². The predicted molar refractivity (Wildman–Crippen MR) is 205 cm³/mol. The number of aliphatic hydroxyl groups excluding tert-OH is 1. The van der Waals surface area contributed by atoms with Gasteiger partial charge in [-0.3, -0.25) is 10.3 Å². The van der Waals surface area contributed by atoms with Crippen LogP contribution in [-0.4, -0.2) is 44.3 Å². The van der Waals surface area contributed by atoms with Crippen molar-refractivity contribution in [2.45, 2.75) is 243 Å². The third kappa shape index (κ3) is 25.0. The van der Waals surface area contributed by atoms with Gasteiger partial charge in [0.05, 0.1) is 13.2 Å². The summed E-state index contributed by atoms with van der Waals surface area (Å²) in [5.74, 6) is -2.50. The zero-order valence-corrected chi connectivity index (χ0v) is 33.0. The van der Waals surface area contributed by atoms with Crippen molar-refractivity contribution in [3.63, 3.8) is 0 Å². The average Bonchev–Trinajstić information content (AvgIpc) is 3.05. The number of ether oxygens (including phenoxy) is 1. The van der Waals surface area contributed by atoms with Crippen molar-refractivity contribution in [3.05, 3.63) is 0 Å². The fourth-order valence-electron chi connectivity index (χ4n) is 7.25. The van der Waals surface area contributed by atoms with Crippen LogP contribution in [0, 0.1) is 0 Å². The fraction of sp³-hybridized carbons (Fsp3) is 1.00. The lowest BCUT2D eigenvalue weighted by Crippen LogP contribution is -2.62. The van der Waals surface area contributed by atoms with Crippen LogP contribution in [0.1, 0.15) is 232 Å². The Morgan fingerprint density at radius 3 is 0.917 bits per heavy atom. The van der Waals surface area contributed by atoms with E-state index in [9.17, 15) is 24.6 Å². The standard InChI is InChI=1S/C40H84NO6P/c1-3-5-7-9-11-13-15-17-19-21-23-25-27-29-31-33-35-39(48(44,45)46,40(41,43)47-38-37-42)36-34-32-30-28-26-24-22-20-18-16-14-12-10-8-6-4-2/h42-43H,3-38,41H2,1-2H3,(H2,44,45,46). The van der Waals surface area contributed by atoms with Gasteiger partial charge in [0.2, 0.25) is 5.91 Å². The number of rotatable bonds is 39. The van der Waals surface area contributed by atoms with E-state index in [-0.39, 0.29) is 26.1 Å². The van der Waals surface area contributed by atoms with Crippen molar-refractivity contribution in [2.75, 3.05) is 13.2 Å². The molecule has 0 aliphatic heterocycles. The molecular weight excluding hydrogens is 621 g/mol. The topological polar surface area (TPSA) is 133 Å². The zero-order chi connectivity index (χ0) is 35.7. The van der Waals surface area contributed by atoms with Gasteiger partial charge in [-0.2, -0.15) is 0 Å². The lowest BCUT2D eigenvalue weighted by Gasteiger charge is -2.44. The van der Waals surface area contributed by atoms with E-state index in [1.807, 2.05) is 0 Å². The molecule has 0 fully saturated rings. The van der Waals surface area contributed by atoms with Crippen LogP contribution in [0.4, 0.5) is 0 Å². The minimum absolute atomic E-state index is 0.104. The maximum atomic E-state index is 13.0. The molecule has 0 aromatic carbocycles. The number of hydrogen-bond donors (Lipinski definition) is 5. The van der Waals surface area contributed by atoms with Gasteiger partial charge >= 0.3 is 7.60 Å². The quantitative estimate of drug-likeness (QED) is 0.0244. The van der Waals surface area contributed by atoms with Crippen molar-refractivity contribution in [1.29, 1.82) is 0 Å². The summed E-state index contributed by atoms with van der Waals surface area (Å²) in [5.41, 5.74) is 6.13. The predicted octanol–water partition coefficient (Wildman–Crippen LogP) is 11.8. The van der Waals surface area contributed by atoms with E-state index in [0.29, 0.717) is 12.8 Å². The summed E-state index contributed by atoms with van der Waals surface area (Å²) in [4.78, 5) is 21.1. The minimum Gasteiger partial charge on any atom is -0.394 e. The molecule has 0 rings (SSSR count). The first-order chi connectivity index (χ1) is 23.2. The largest absolute Gasteiger partial charge is 0.394 e. The van der Waals surface area contributed by atoms with Crippen LogP contribution in [0.3, 0.4) is 0 Å². The van der Waals surface area contributed by atoms with E-state index < -0.39 is 18.7 Å². The molecule has 0 heterocycles. The summed E-state index contributed by atoms with van der Waals surface area (Å²) in [6.07, 6.45) is 39.3. The smallest absolute Gasteiger partial charge is 0.338 e. The first-order valence-electron chi connectivity index (χ1n) is 21.0. The summed E-state index contributed by atoms with van der Waals surface area (Å²) < 4.78 is 18.3. The average molecular weight is 706 g/mol. The van der Waals surface area contributed by atoms with E-state index in [1.54, 1.807) is 0 Å². The normalized spacial score (nSPS) is 13.7. The van der Waals surface area contributed by atoms with E-state index in [2.05, 4.69) is 13.8 Å². The minimum atomic E-state index is -4.83. The second kappa shape index (κ2) is 32.9. The fourth-order valence-corrected chi connectivity index (χ4v) is 8.63. The first kappa shape index (κ1) is 48.0. The second-order valence-corrected chi connectivity index (χ2v) is 16.9. The molecule has 0 saturated heterocycles. The molecule has 48 heavy (non-hydrogen) atoms. The van der Waals surface area contributed by atoms with Gasteiger partial charge in [0, 0.05) is 0 Å². The van der Waals surface area contributed by atoms with Gasteiger partial charge in [0.1, 0.15) is 5.16 Å². The van der Waals surface area contributed by atoms with E-state index in [0.717, 1.165) is 38.5 Å². The third-order valence-electron chi connectivity index (χ3n) is 10.5. The van der Waals surface area contributed by atoms with Crippen LogP contribution >= 0.6 is 7.60 Å². The molecule has 1 atom stereocenters. The number of nitrogens with two attached hydrogens (primary N) is 1. The lowest BCUT2D eigenvalue weighted by molar-refractivity contribution is -0.233. The second-order valence-electron chi connectivity index (χ2n) is 15.0. The monoisotopic (exact) mass is 706 g/mol. The first-order valence-corrected chi connectivity index (χ1v) is 22.6. The SMILES string of the molecule is CCCCCCCCCCCCCCCCCCC(CCCCCCCCCCCCCCCCCC)(C(N)(O)OCCO)P(=O)(O)O. The molecule has 0 aliphatic rings. The third-order valence-corrected chi connectivity index (χ3v) is 12.4. The van der Waals surface area contributed by atoms with Crippen LogP contribution < -0.4 is 5.73 Å². The Balaban J connectivity index is 4.34. The molecule has 0 aliphatic carbocycles. The highest BCUT2D eigenvalue weighted by Gasteiger charge is 2.60. The summed E-state index contributed by atoms with van der Waals surface area (Å²) in [5, 5.41) is 18.5. The number of aliphatic hydroxyl groups is 2. The molecule has 290 valence electrons. The molecule has 0 saturated carbocycles. The number of unbranched alkanes of at least 4 members (excludes halogenated alkanes) is 30. The molecule has 0 aromatic heterocycles. The summed E-state index contributed by atoms with van der Waals surface area (Å²) in [6, 6.07) is 0. The van der Waals surface area contributed by atoms with E-state index in [1.165, 1.54) is 154 Å². The Morgan fingerprint density at radius 2 is 0.708 bits per heavy atom. The highest BCUT2D eigenvalue weighted by molar-refractivity contribution is 7.53. The Kier molecular flexibility index (Phi) is 32.9. The van der Waals surface area contributed by atoms with Crippen molar-refractivity contribution in [3.8, 4) is 0 Å². The van der Waals surface area contributed by atoms with Gasteiger partial charge < -0.3 is 24.7 Å². The van der Waals surface area contributed by atoms with Crippen molar-refractivity contribution in [2.24, 2.45) is 5.73 Å². The molecule has 0 radical (unpaired) electrons. The van der Waals surface area contributed by atoms with Crippen molar-refractivity contribution < 1.29 is 29.3 Å². The van der Waals surface area contributed by atoms with Crippen LogP contribution in [0.25, 0.3) is 0 Å². The molecule has 0 amide bonds. The molecule has 6 N–H and O–H groups in total. The van der Waals surface area contributed by atoms with Crippen molar-refractivity contribution in [1.82, 2.24) is 0 Å². The number of hydrogen-bond acceptors (Lipinski definition) is 5. The maximum Gasteiger partial charge on any atom is 0.338 e. The molecule has 0 bridgehead atoms. The molecule has 1 unspecified atom stereocenters. The zero-order valence-electron chi connectivity index (χ0n) is 32.1. The molecular formula is C40H84NO6P. The summed E-state index contributed by atoms with van der Waals surface area (Å²) in [6.45, 7) is 3.87.